The SMILES string of the molecule is CCn1cc(/C=C\[C@H](C)c2cn(CC)c(=O)[nH]c2=O)c(=O)[nH]c1=O. The lowest BCUT2D eigenvalue weighted by atomic mass is 10.0. The Morgan fingerprint density at radius 3 is 2.08 bits per heavy atom. The summed E-state index contributed by atoms with van der Waals surface area (Å²) < 4.78 is 2.79. The number of H-pyrrole nitrogens is 2. The van der Waals surface area contributed by atoms with Crippen LogP contribution >= 0.6 is 0 Å². The topological polar surface area (TPSA) is 110 Å². The van der Waals surface area contributed by atoms with E-state index in [4.69, 9.17) is 0 Å². The molecule has 2 rings (SSSR count). The van der Waals surface area contributed by atoms with E-state index in [1.54, 1.807) is 32.9 Å². The molecule has 1 atom stereocenters. The van der Waals surface area contributed by atoms with Gasteiger partial charge in [-0.2, -0.15) is 0 Å². The van der Waals surface area contributed by atoms with E-state index < -0.39 is 22.5 Å². The largest absolute Gasteiger partial charge is 0.328 e. The number of hydrogen-bond donors (Lipinski definition) is 2. The van der Waals surface area contributed by atoms with Gasteiger partial charge in [0.25, 0.3) is 11.1 Å². The maximum absolute atomic E-state index is 12.0. The van der Waals surface area contributed by atoms with E-state index in [9.17, 15) is 19.2 Å². The number of rotatable bonds is 5. The monoisotopic (exact) mass is 332 g/mol. The average molecular weight is 332 g/mol. The summed E-state index contributed by atoms with van der Waals surface area (Å²) in [7, 11) is 0. The second-order valence-electron chi connectivity index (χ2n) is 5.41. The van der Waals surface area contributed by atoms with E-state index in [0.29, 0.717) is 24.2 Å². The molecule has 8 heteroatoms. The zero-order chi connectivity index (χ0) is 17.9. The predicted octanol–water partition coefficient (Wildman–Crippen LogP) is 0.243. The Bertz CT molecular complexity index is 991. The number of nitrogens with one attached hydrogen (secondary N) is 2. The zero-order valence-electron chi connectivity index (χ0n) is 13.8. The maximum atomic E-state index is 12.0. The molecule has 2 aromatic heterocycles. The molecule has 0 saturated heterocycles. The minimum Gasteiger partial charge on any atom is -0.301 e. The third kappa shape index (κ3) is 3.53. The van der Waals surface area contributed by atoms with E-state index in [1.807, 2.05) is 0 Å². The summed E-state index contributed by atoms with van der Waals surface area (Å²) in [5.74, 6) is -0.312. The number of aryl methyl sites for hydroxylation is 2. The molecule has 0 aliphatic heterocycles. The van der Waals surface area contributed by atoms with Crippen molar-refractivity contribution in [1.29, 1.82) is 0 Å². The first-order valence-corrected chi connectivity index (χ1v) is 7.73. The molecule has 128 valence electrons. The van der Waals surface area contributed by atoms with Crippen molar-refractivity contribution in [2.75, 3.05) is 0 Å². The van der Waals surface area contributed by atoms with Gasteiger partial charge < -0.3 is 9.13 Å². The fraction of sp³-hybridized carbons (Fsp3) is 0.375. The smallest absolute Gasteiger partial charge is 0.301 e. The van der Waals surface area contributed by atoms with Crippen molar-refractivity contribution in [3.8, 4) is 0 Å². The van der Waals surface area contributed by atoms with Gasteiger partial charge in [-0.1, -0.05) is 19.1 Å². The zero-order valence-corrected chi connectivity index (χ0v) is 13.8. The number of allylic oxidation sites excluding steroid dienone is 1. The molecular weight excluding hydrogens is 312 g/mol. The number of aromatic amines is 2. The Kier molecular flexibility index (Phi) is 5.18. The summed E-state index contributed by atoms with van der Waals surface area (Å²) in [5.41, 5.74) is -1.10. The first kappa shape index (κ1) is 17.5. The van der Waals surface area contributed by atoms with Crippen molar-refractivity contribution in [2.45, 2.75) is 39.8 Å². The highest BCUT2D eigenvalue weighted by atomic mass is 16.2. The molecular formula is C16H20N4O4. The van der Waals surface area contributed by atoms with Crippen LogP contribution in [0.15, 0.2) is 37.6 Å². The summed E-state index contributed by atoms with van der Waals surface area (Å²) in [6.07, 6.45) is 6.25. The van der Waals surface area contributed by atoms with Gasteiger partial charge >= 0.3 is 11.4 Å². The van der Waals surface area contributed by atoms with Crippen molar-refractivity contribution in [1.82, 2.24) is 19.1 Å². The van der Waals surface area contributed by atoms with Gasteiger partial charge in [0, 0.05) is 37.0 Å². The van der Waals surface area contributed by atoms with Crippen molar-refractivity contribution in [3.63, 3.8) is 0 Å². The van der Waals surface area contributed by atoms with Crippen molar-refractivity contribution < 1.29 is 0 Å². The molecule has 0 bridgehead atoms. The van der Waals surface area contributed by atoms with Gasteiger partial charge in [-0.05, 0) is 13.8 Å². The lowest BCUT2D eigenvalue weighted by molar-refractivity contribution is 0.676. The quantitative estimate of drug-likeness (QED) is 0.817. The van der Waals surface area contributed by atoms with E-state index in [1.165, 1.54) is 21.5 Å². The molecule has 0 radical (unpaired) electrons. The van der Waals surface area contributed by atoms with Gasteiger partial charge in [0.2, 0.25) is 0 Å². The number of aromatic nitrogens is 4. The summed E-state index contributed by atoms with van der Waals surface area (Å²) in [6, 6.07) is 0. The molecule has 8 nitrogen and oxygen atoms in total. The van der Waals surface area contributed by atoms with Crippen molar-refractivity contribution in [2.24, 2.45) is 0 Å². The number of hydrogen-bond acceptors (Lipinski definition) is 4. The van der Waals surface area contributed by atoms with Crippen LogP contribution in [0.2, 0.25) is 0 Å². The van der Waals surface area contributed by atoms with Crippen LogP contribution in [0.5, 0.6) is 0 Å². The van der Waals surface area contributed by atoms with E-state index in [0.717, 1.165) is 0 Å². The molecule has 0 aliphatic rings. The Labute approximate surface area is 137 Å². The summed E-state index contributed by atoms with van der Waals surface area (Å²) in [6.45, 7) is 6.27. The van der Waals surface area contributed by atoms with Crippen LogP contribution in [0.25, 0.3) is 6.08 Å². The molecule has 0 spiro atoms. The molecule has 0 amide bonds. The van der Waals surface area contributed by atoms with Gasteiger partial charge in [-0.15, -0.1) is 0 Å². The second-order valence-corrected chi connectivity index (χ2v) is 5.41. The maximum Gasteiger partial charge on any atom is 0.328 e. The Morgan fingerprint density at radius 1 is 0.958 bits per heavy atom. The lowest BCUT2D eigenvalue weighted by Gasteiger charge is -2.08. The Morgan fingerprint density at radius 2 is 1.50 bits per heavy atom. The lowest BCUT2D eigenvalue weighted by Crippen LogP contribution is -2.32. The summed E-state index contributed by atoms with van der Waals surface area (Å²) >= 11 is 0. The minimum absolute atomic E-state index is 0.312. The van der Waals surface area contributed by atoms with Crippen LogP contribution in [-0.2, 0) is 13.1 Å². The van der Waals surface area contributed by atoms with E-state index in [-0.39, 0.29) is 5.92 Å². The molecule has 2 aromatic rings. The molecule has 2 N–H and O–H groups in total. The molecule has 2 heterocycles. The van der Waals surface area contributed by atoms with Crippen molar-refractivity contribution >= 4 is 6.08 Å². The Balaban J connectivity index is 2.40. The highest BCUT2D eigenvalue weighted by Gasteiger charge is 2.10. The third-order valence-electron chi connectivity index (χ3n) is 3.81. The average Bonchev–Trinajstić information content (AvgIpc) is 2.54. The summed E-state index contributed by atoms with van der Waals surface area (Å²) in [5, 5.41) is 0. The van der Waals surface area contributed by atoms with Gasteiger partial charge in [0.15, 0.2) is 0 Å². The molecule has 0 aromatic carbocycles. The van der Waals surface area contributed by atoms with E-state index in [2.05, 4.69) is 9.97 Å². The van der Waals surface area contributed by atoms with Gasteiger partial charge in [-0.3, -0.25) is 19.6 Å². The fourth-order valence-electron chi connectivity index (χ4n) is 2.32. The van der Waals surface area contributed by atoms with Crippen LogP contribution in [0, 0.1) is 0 Å². The van der Waals surface area contributed by atoms with Crippen molar-refractivity contribution in [3.05, 3.63) is 71.3 Å². The molecule has 0 unspecified atom stereocenters. The highest BCUT2D eigenvalue weighted by Crippen LogP contribution is 2.12. The molecule has 0 aliphatic carbocycles. The first-order valence-electron chi connectivity index (χ1n) is 7.73. The molecule has 0 fully saturated rings. The first-order chi connectivity index (χ1) is 11.4. The molecule has 0 saturated carbocycles. The van der Waals surface area contributed by atoms with Crippen LogP contribution in [-0.4, -0.2) is 19.1 Å². The van der Waals surface area contributed by atoms with Crippen LogP contribution < -0.4 is 22.5 Å². The summed E-state index contributed by atoms with van der Waals surface area (Å²) in [4.78, 5) is 51.4. The van der Waals surface area contributed by atoms with Crippen LogP contribution in [0.4, 0.5) is 0 Å². The standard InChI is InChI=1S/C16H20N4O4/c1-4-19-8-11(13(21)17-15(19)23)7-6-10(3)12-9-20(5-2)16(24)18-14(12)22/h6-10H,4-5H2,1-3H3,(H,17,21,23)(H,18,22,24)/b7-6-/t10-/m0/s1. The normalized spacial score (nSPS) is 12.6. The van der Waals surface area contributed by atoms with Crippen LogP contribution in [0.1, 0.15) is 37.8 Å². The Hall–Kier alpha value is -2.90. The third-order valence-corrected chi connectivity index (χ3v) is 3.81. The van der Waals surface area contributed by atoms with Gasteiger partial charge in [0.05, 0.1) is 5.56 Å². The van der Waals surface area contributed by atoms with E-state index >= 15 is 0 Å². The van der Waals surface area contributed by atoms with Gasteiger partial charge in [0.1, 0.15) is 0 Å². The van der Waals surface area contributed by atoms with Crippen LogP contribution in [0.3, 0.4) is 0 Å². The minimum atomic E-state index is -0.486. The highest BCUT2D eigenvalue weighted by molar-refractivity contribution is 5.48. The fourth-order valence-corrected chi connectivity index (χ4v) is 2.32. The van der Waals surface area contributed by atoms with Gasteiger partial charge in [-0.25, -0.2) is 9.59 Å². The number of nitrogens with zero attached hydrogens (tertiary/aromatic N) is 2. The predicted molar refractivity (Wildman–Crippen MR) is 91.4 cm³/mol. The second kappa shape index (κ2) is 7.12. The molecule has 24 heavy (non-hydrogen) atoms.